The van der Waals surface area contributed by atoms with Crippen LogP contribution in [0.1, 0.15) is 284 Å². The maximum absolute atomic E-state index is 13.5. The minimum absolute atomic E-state index is 0.211. The van der Waals surface area contributed by atoms with Gasteiger partial charge >= 0.3 is 0 Å². The van der Waals surface area contributed by atoms with Gasteiger partial charge in [0.1, 0.15) is 73.2 Å². The Hall–Kier alpha value is -3.81. The van der Waals surface area contributed by atoms with E-state index >= 15 is 0 Å². The normalized spacial score (nSPS) is 26.4. The van der Waals surface area contributed by atoms with Gasteiger partial charge in [0, 0.05) is 6.42 Å². The van der Waals surface area contributed by atoms with Gasteiger partial charge in [-0.2, -0.15) is 0 Å². The van der Waals surface area contributed by atoms with E-state index in [1.807, 2.05) is 6.08 Å². The van der Waals surface area contributed by atoms with E-state index < -0.39 is 124 Å². The fourth-order valence-corrected chi connectivity index (χ4v) is 13.1. The van der Waals surface area contributed by atoms with Gasteiger partial charge < -0.3 is 89.9 Å². The summed E-state index contributed by atoms with van der Waals surface area (Å²) in [6.45, 7) is 1.60. The first-order chi connectivity index (χ1) is 51.3. The molecule has 1 amide bonds. The Morgan fingerprint density at radius 1 is 0.352 bits per heavy atom. The van der Waals surface area contributed by atoms with Crippen LogP contribution >= 0.6 is 0 Å². The first-order valence-corrected chi connectivity index (χ1v) is 41.3. The van der Waals surface area contributed by atoms with Crippen LogP contribution in [0.3, 0.4) is 0 Å². The number of carbonyl (C=O) groups excluding carboxylic acids is 1. The Bertz CT molecular complexity index is 2370. The summed E-state index contributed by atoms with van der Waals surface area (Å²) in [5.41, 5.74) is 0. The number of allylic oxidation sites excluding steroid dienone is 19. The number of carbonyl (C=O) groups is 1. The van der Waals surface area contributed by atoms with E-state index in [1.165, 1.54) is 135 Å². The first kappa shape index (κ1) is 95.4. The van der Waals surface area contributed by atoms with E-state index in [2.05, 4.69) is 129 Å². The summed E-state index contributed by atoms with van der Waals surface area (Å²) in [5, 5.41) is 121. The predicted molar refractivity (Wildman–Crippen MR) is 420 cm³/mol. The smallest absolute Gasteiger partial charge is 0.220 e. The summed E-state index contributed by atoms with van der Waals surface area (Å²) >= 11 is 0. The van der Waals surface area contributed by atoms with Gasteiger partial charge in [0.05, 0.1) is 38.6 Å². The van der Waals surface area contributed by atoms with Crippen molar-refractivity contribution in [2.75, 3.05) is 26.4 Å². The second-order valence-electron chi connectivity index (χ2n) is 28.8. The number of nitrogens with one attached hydrogen (secondary N) is 1. The molecule has 3 aliphatic heterocycles. The van der Waals surface area contributed by atoms with Gasteiger partial charge in [-0.05, 0) is 103 Å². The number of ether oxygens (including phenoxy) is 6. The molecular formula is C86H147NO18. The molecule has 3 saturated heterocycles. The number of rotatable bonds is 64. The molecule has 19 nitrogen and oxygen atoms in total. The lowest BCUT2D eigenvalue weighted by Gasteiger charge is -2.48. The standard InChI is InChI=1S/C86H147NO18/c1-3-5-7-9-11-13-15-17-19-21-23-25-27-29-31-33-34-36-37-39-41-43-45-47-49-51-53-55-57-59-61-63-70(91)69(87-74(92)64-62-60-58-56-54-52-50-48-46-44-42-40-38-35-32-30-28-26-24-22-20-18-16-14-12-10-8-6-4-2)68-100-84-80(98)77(95)82(72(66-89)102-84)105-86-81(99)78(96)83(73(67-90)103-86)104-85-79(97)76(94)75(93)71(65-88)101-85/h6,8,12,14,18,20,24,26,30,32,38,40,44-47,53,55,61,63,69-73,75-86,88-91,93-99H,3-5,7,9-11,13,15-17,19,21-23,25,27-29,31,33-37,39,41-43,48-52,54,56-60,62,64-68H2,1-2H3,(H,87,92)/b8-6-,14-12-,20-18-,26-24-,32-30-,40-38-,46-44-,47-45+,55-53+,63-61+. The van der Waals surface area contributed by atoms with Crippen LogP contribution in [0.2, 0.25) is 0 Å². The average molecular weight is 1480 g/mol. The number of aliphatic hydroxyl groups is 11. The van der Waals surface area contributed by atoms with Gasteiger partial charge in [0.15, 0.2) is 18.9 Å². The van der Waals surface area contributed by atoms with Crippen LogP contribution in [-0.4, -0.2) is 193 Å². The molecule has 0 aromatic rings. The molecule has 3 rings (SSSR count). The van der Waals surface area contributed by atoms with Crippen molar-refractivity contribution in [3.8, 4) is 0 Å². The average Bonchev–Trinajstić information content (AvgIpc) is 0.781. The monoisotopic (exact) mass is 1480 g/mol. The summed E-state index contributed by atoms with van der Waals surface area (Å²) in [4.78, 5) is 13.5. The van der Waals surface area contributed by atoms with Gasteiger partial charge in [-0.25, -0.2) is 0 Å². The minimum Gasteiger partial charge on any atom is -0.394 e. The third kappa shape index (κ3) is 44.6. The molecule has 0 radical (unpaired) electrons. The van der Waals surface area contributed by atoms with Crippen molar-refractivity contribution >= 4 is 5.91 Å². The third-order valence-corrected chi connectivity index (χ3v) is 19.7. The van der Waals surface area contributed by atoms with E-state index in [0.717, 1.165) is 116 Å². The van der Waals surface area contributed by atoms with Gasteiger partial charge in [0.2, 0.25) is 5.91 Å². The molecule has 0 aromatic carbocycles. The lowest BCUT2D eigenvalue weighted by molar-refractivity contribution is -0.379. The molecule has 12 N–H and O–H groups in total. The molecule has 19 heteroatoms. The van der Waals surface area contributed by atoms with Gasteiger partial charge in [-0.1, -0.05) is 296 Å². The maximum Gasteiger partial charge on any atom is 0.220 e. The molecule has 0 aromatic heterocycles. The zero-order valence-electron chi connectivity index (χ0n) is 64.7. The topological polar surface area (TPSA) is 307 Å². The molecular weight excluding hydrogens is 1330 g/mol. The summed E-state index contributed by atoms with van der Waals surface area (Å²) in [5.74, 6) is -0.304. The van der Waals surface area contributed by atoms with Crippen molar-refractivity contribution in [2.45, 2.75) is 388 Å². The fourth-order valence-electron chi connectivity index (χ4n) is 13.1. The van der Waals surface area contributed by atoms with Crippen LogP contribution in [0.4, 0.5) is 0 Å². The Labute approximate surface area is 633 Å². The molecule has 0 aliphatic carbocycles. The molecule has 17 unspecified atom stereocenters. The quantitative estimate of drug-likeness (QED) is 0.0199. The van der Waals surface area contributed by atoms with Gasteiger partial charge in [-0.3, -0.25) is 4.79 Å². The summed E-state index contributed by atoms with van der Waals surface area (Å²) in [6.07, 6.45) is 64.7. The molecule has 3 fully saturated rings. The van der Waals surface area contributed by atoms with Crippen molar-refractivity contribution in [1.82, 2.24) is 5.32 Å². The molecule has 3 heterocycles. The highest BCUT2D eigenvalue weighted by atomic mass is 16.8. The van der Waals surface area contributed by atoms with E-state index in [4.69, 9.17) is 28.4 Å². The van der Waals surface area contributed by atoms with Gasteiger partial charge in [-0.15, -0.1) is 0 Å². The number of hydrogen-bond acceptors (Lipinski definition) is 18. The van der Waals surface area contributed by atoms with Crippen LogP contribution in [-0.2, 0) is 33.2 Å². The zero-order valence-corrected chi connectivity index (χ0v) is 64.7. The Kier molecular flexibility index (Phi) is 59.0. The number of hydrogen-bond donors (Lipinski definition) is 12. The Balaban J connectivity index is 1.40. The molecule has 604 valence electrons. The predicted octanol–water partition coefficient (Wildman–Crippen LogP) is 14.3. The number of amides is 1. The van der Waals surface area contributed by atoms with E-state index in [-0.39, 0.29) is 18.9 Å². The van der Waals surface area contributed by atoms with Crippen molar-refractivity contribution in [1.29, 1.82) is 0 Å². The minimum atomic E-state index is -1.99. The van der Waals surface area contributed by atoms with Gasteiger partial charge in [0.25, 0.3) is 0 Å². The maximum atomic E-state index is 13.5. The van der Waals surface area contributed by atoms with Crippen LogP contribution in [0.15, 0.2) is 122 Å². The highest BCUT2D eigenvalue weighted by Crippen LogP contribution is 2.33. The largest absolute Gasteiger partial charge is 0.394 e. The highest BCUT2D eigenvalue weighted by Gasteiger charge is 2.54. The van der Waals surface area contributed by atoms with Crippen LogP contribution in [0, 0.1) is 0 Å². The number of aliphatic hydroxyl groups excluding tert-OH is 11. The molecule has 0 spiro atoms. The zero-order chi connectivity index (χ0) is 76.0. The summed E-state index contributed by atoms with van der Waals surface area (Å²) in [6, 6.07) is -1.01. The third-order valence-electron chi connectivity index (χ3n) is 19.7. The van der Waals surface area contributed by atoms with E-state index in [0.29, 0.717) is 12.8 Å². The van der Waals surface area contributed by atoms with E-state index in [1.54, 1.807) is 6.08 Å². The fraction of sp³-hybridized carbons (Fsp3) is 0.756. The number of unbranched alkanes of at least 4 members (excludes halogenated alkanes) is 30. The summed E-state index contributed by atoms with van der Waals surface area (Å²) in [7, 11) is 0. The lowest BCUT2D eigenvalue weighted by Crippen LogP contribution is -2.66. The Morgan fingerprint density at radius 3 is 1.07 bits per heavy atom. The SMILES string of the molecule is CC/C=C\C/C=C\C/C=C\C/C=C\C/C=C\C/C=C\C/C=C\CCCCCCCCCC(=O)NC(COC1OC(CO)C(OC2OC(CO)C(OC3OC(CO)C(O)C(O)C3O)C(O)C2O)C(O)C1O)C(O)/C=C/CC/C=C/CC/C=C/CCCCCCCCCCCCCCCCCCCCCCC. The lowest BCUT2D eigenvalue weighted by atomic mass is 9.96. The Morgan fingerprint density at radius 2 is 0.667 bits per heavy atom. The highest BCUT2D eigenvalue weighted by molar-refractivity contribution is 5.76. The van der Waals surface area contributed by atoms with Crippen LogP contribution in [0.5, 0.6) is 0 Å². The van der Waals surface area contributed by atoms with E-state index in [9.17, 15) is 61.0 Å². The van der Waals surface area contributed by atoms with Crippen LogP contribution in [0.25, 0.3) is 0 Å². The molecule has 17 atom stereocenters. The first-order valence-electron chi connectivity index (χ1n) is 41.3. The molecule has 0 bridgehead atoms. The summed E-state index contributed by atoms with van der Waals surface area (Å²) < 4.78 is 34.4. The van der Waals surface area contributed by atoms with Crippen molar-refractivity contribution < 1.29 is 89.4 Å². The van der Waals surface area contributed by atoms with Crippen LogP contribution < -0.4 is 5.32 Å². The van der Waals surface area contributed by atoms with Crippen molar-refractivity contribution in [3.05, 3.63) is 122 Å². The second kappa shape index (κ2) is 65.0. The molecule has 105 heavy (non-hydrogen) atoms. The second-order valence-corrected chi connectivity index (χ2v) is 28.8. The molecule has 0 saturated carbocycles. The molecule has 3 aliphatic rings. The van der Waals surface area contributed by atoms with Crippen molar-refractivity contribution in [2.24, 2.45) is 0 Å². The van der Waals surface area contributed by atoms with Crippen molar-refractivity contribution in [3.63, 3.8) is 0 Å².